The molecule has 1 aromatic heterocycles. The molecule has 0 aliphatic rings. The molecule has 0 saturated heterocycles. The molecule has 0 fully saturated rings. The van der Waals surface area contributed by atoms with E-state index in [0.29, 0.717) is 23.4 Å². The summed E-state index contributed by atoms with van der Waals surface area (Å²) in [6, 6.07) is 24.5. The Labute approximate surface area is 185 Å². The van der Waals surface area contributed by atoms with Crippen molar-refractivity contribution in [3.05, 3.63) is 108 Å². The third-order valence-electron chi connectivity index (χ3n) is 5.04. The molecule has 0 atom stereocenters. The lowest BCUT2D eigenvalue weighted by Gasteiger charge is -2.13. The fourth-order valence-electron chi connectivity index (χ4n) is 3.36. The van der Waals surface area contributed by atoms with E-state index in [1.54, 1.807) is 12.1 Å². The highest BCUT2D eigenvalue weighted by molar-refractivity contribution is 6.05. The number of carbonyl (C=O) groups is 2. The standard InChI is InChI=1S/C26H22N2O4/c1-31-26(30)22-7-3-2-6-21(22)19-12-10-18(11-13-19)16-27-23-8-4-5-9-24(23)28-25(29)20-14-15-32-17-20/h2-15,17,27H,16H2,1H3,(H,28,29). The molecule has 3 aromatic carbocycles. The van der Waals surface area contributed by atoms with Gasteiger partial charge in [-0.25, -0.2) is 4.79 Å². The molecule has 0 aliphatic carbocycles. The molecule has 0 unspecified atom stereocenters. The number of esters is 1. The minimum Gasteiger partial charge on any atom is -0.472 e. The van der Waals surface area contributed by atoms with Crippen LogP contribution in [0.5, 0.6) is 0 Å². The normalized spacial score (nSPS) is 10.4. The number of rotatable bonds is 7. The minimum atomic E-state index is -0.361. The van der Waals surface area contributed by atoms with Crippen LogP contribution < -0.4 is 10.6 Å². The maximum Gasteiger partial charge on any atom is 0.338 e. The summed E-state index contributed by atoms with van der Waals surface area (Å²) >= 11 is 0. The number of para-hydroxylation sites is 2. The Hall–Kier alpha value is -4.32. The number of furan rings is 1. The Morgan fingerprint density at radius 3 is 2.31 bits per heavy atom. The molecule has 32 heavy (non-hydrogen) atoms. The number of methoxy groups -OCH3 is 1. The fourth-order valence-corrected chi connectivity index (χ4v) is 3.36. The molecule has 1 amide bonds. The zero-order chi connectivity index (χ0) is 22.3. The summed E-state index contributed by atoms with van der Waals surface area (Å²) in [4.78, 5) is 24.4. The summed E-state index contributed by atoms with van der Waals surface area (Å²) in [6.45, 7) is 0.567. The highest BCUT2D eigenvalue weighted by Crippen LogP contribution is 2.26. The van der Waals surface area contributed by atoms with E-state index in [-0.39, 0.29) is 11.9 Å². The van der Waals surface area contributed by atoms with E-state index < -0.39 is 0 Å². The molecule has 0 aliphatic heterocycles. The zero-order valence-electron chi connectivity index (χ0n) is 17.5. The summed E-state index contributed by atoms with van der Waals surface area (Å²) in [5.74, 6) is -0.595. The summed E-state index contributed by atoms with van der Waals surface area (Å²) in [5.41, 5.74) is 5.30. The van der Waals surface area contributed by atoms with E-state index in [4.69, 9.17) is 9.15 Å². The first-order valence-corrected chi connectivity index (χ1v) is 10.1. The third kappa shape index (κ3) is 4.70. The van der Waals surface area contributed by atoms with Crippen molar-refractivity contribution >= 4 is 23.3 Å². The van der Waals surface area contributed by atoms with Crippen molar-refractivity contribution in [3.63, 3.8) is 0 Å². The lowest BCUT2D eigenvalue weighted by molar-refractivity contribution is 0.0601. The molecule has 0 radical (unpaired) electrons. The van der Waals surface area contributed by atoms with Gasteiger partial charge >= 0.3 is 5.97 Å². The number of hydrogen-bond donors (Lipinski definition) is 2. The monoisotopic (exact) mass is 426 g/mol. The van der Waals surface area contributed by atoms with Crippen LogP contribution in [0.2, 0.25) is 0 Å². The Kier molecular flexibility index (Phi) is 6.32. The quantitative estimate of drug-likeness (QED) is 0.376. The average molecular weight is 426 g/mol. The summed E-state index contributed by atoms with van der Waals surface area (Å²) in [7, 11) is 1.38. The van der Waals surface area contributed by atoms with Gasteiger partial charge in [0, 0.05) is 6.54 Å². The van der Waals surface area contributed by atoms with Gasteiger partial charge in [-0.15, -0.1) is 0 Å². The third-order valence-corrected chi connectivity index (χ3v) is 5.04. The molecular weight excluding hydrogens is 404 g/mol. The van der Waals surface area contributed by atoms with Gasteiger partial charge in [0.15, 0.2) is 0 Å². The number of carbonyl (C=O) groups excluding carboxylic acids is 2. The first-order chi connectivity index (χ1) is 15.7. The van der Waals surface area contributed by atoms with Gasteiger partial charge in [0.05, 0.1) is 35.9 Å². The molecule has 0 spiro atoms. The van der Waals surface area contributed by atoms with Crippen LogP contribution in [0.1, 0.15) is 26.3 Å². The van der Waals surface area contributed by atoms with Gasteiger partial charge in [0.25, 0.3) is 5.91 Å². The maximum absolute atomic E-state index is 12.3. The molecule has 6 nitrogen and oxygen atoms in total. The van der Waals surface area contributed by atoms with Crippen molar-refractivity contribution in [2.24, 2.45) is 0 Å². The van der Waals surface area contributed by atoms with Gasteiger partial charge < -0.3 is 19.8 Å². The van der Waals surface area contributed by atoms with Crippen molar-refractivity contribution in [3.8, 4) is 11.1 Å². The second-order valence-electron chi connectivity index (χ2n) is 7.10. The topological polar surface area (TPSA) is 80.6 Å². The van der Waals surface area contributed by atoms with Crippen LogP contribution in [-0.2, 0) is 11.3 Å². The molecule has 1 heterocycles. The highest BCUT2D eigenvalue weighted by atomic mass is 16.5. The molecule has 0 bridgehead atoms. The number of anilines is 2. The van der Waals surface area contributed by atoms with E-state index in [2.05, 4.69) is 10.6 Å². The van der Waals surface area contributed by atoms with Crippen LogP contribution in [0.3, 0.4) is 0 Å². The number of hydrogen-bond acceptors (Lipinski definition) is 5. The number of benzene rings is 3. The largest absolute Gasteiger partial charge is 0.472 e. The number of amides is 1. The molecule has 4 rings (SSSR count). The van der Waals surface area contributed by atoms with Crippen molar-refractivity contribution in [1.29, 1.82) is 0 Å². The van der Waals surface area contributed by atoms with E-state index in [9.17, 15) is 9.59 Å². The van der Waals surface area contributed by atoms with Gasteiger partial charge in [-0.05, 0) is 41.0 Å². The van der Waals surface area contributed by atoms with Crippen LogP contribution in [0.4, 0.5) is 11.4 Å². The lowest BCUT2D eigenvalue weighted by Crippen LogP contribution is -2.13. The van der Waals surface area contributed by atoms with Gasteiger partial charge in [0.2, 0.25) is 0 Å². The molecule has 2 N–H and O–H groups in total. The number of nitrogens with one attached hydrogen (secondary N) is 2. The van der Waals surface area contributed by atoms with Crippen LogP contribution >= 0.6 is 0 Å². The van der Waals surface area contributed by atoms with Gasteiger partial charge in [0.1, 0.15) is 6.26 Å². The summed E-state index contributed by atoms with van der Waals surface area (Å²) in [5, 5.41) is 6.26. The zero-order valence-corrected chi connectivity index (χ0v) is 17.5. The van der Waals surface area contributed by atoms with Crippen molar-refractivity contribution in [1.82, 2.24) is 0 Å². The predicted molar refractivity (Wildman–Crippen MR) is 124 cm³/mol. The molecule has 0 saturated carbocycles. The average Bonchev–Trinajstić information content (AvgIpc) is 3.39. The predicted octanol–water partition coefficient (Wildman–Crippen LogP) is 5.60. The summed E-state index contributed by atoms with van der Waals surface area (Å²) < 4.78 is 9.86. The van der Waals surface area contributed by atoms with Crippen LogP contribution in [0.15, 0.2) is 95.8 Å². The second-order valence-corrected chi connectivity index (χ2v) is 7.10. The van der Waals surface area contributed by atoms with Gasteiger partial charge in [-0.3, -0.25) is 4.79 Å². The fraction of sp³-hybridized carbons (Fsp3) is 0.0769. The molecule has 160 valence electrons. The van der Waals surface area contributed by atoms with Gasteiger partial charge in [-0.2, -0.15) is 0 Å². The van der Waals surface area contributed by atoms with E-state index in [1.165, 1.54) is 19.6 Å². The Balaban J connectivity index is 1.46. The smallest absolute Gasteiger partial charge is 0.338 e. The second kappa shape index (κ2) is 9.66. The van der Waals surface area contributed by atoms with E-state index in [1.807, 2.05) is 66.7 Å². The first-order valence-electron chi connectivity index (χ1n) is 10.1. The Morgan fingerprint density at radius 2 is 1.59 bits per heavy atom. The molecule has 6 heteroatoms. The lowest BCUT2D eigenvalue weighted by atomic mass is 9.98. The molecular formula is C26H22N2O4. The van der Waals surface area contributed by atoms with E-state index in [0.717, 1.165) is 22.4 Å². The van der Waals surface area contributed by atoms with Crippen LogP contribution in [-0.4, -0.2) is 19.0 Å². The first kappa shape index (κ1) is 20.9. The Morgan fingerprint density at radius 1 is 0.875 bits per heavy atom. The maximum atomic E-state index is 12.3. The van der Waals surface area contributed by atoms with Crippen molar-refractivity contribution < 1.29 is 18.7 Å². The van der Waals surface area contributed by atoms with Crippen molar-refractivity contribution in [2.45, 2.75) is 6.54 Å². The SMILES string of the molecule is COC(=O)c1ccccc1-c1ccc(CNc2ccccc2NC(=O)c2ccoc2)cc1. The highest BCUT2D eigenvalue weighted by Gasteiger charge is 2.13. The van der Waals surface area contributed by atoms with Gasteiger partial charge in [-0.1, -0.05) is 54.6 Å². The van der Waals surface area contributed by atoms with E-state index >= 15 is 0 Å². The van der Waals surface area contributed by atoms with Crippen LogP contribution in [0.25, 0.3) is 11.1 Å². The minimum absolute atomic E-state index is 0.235. The van der Waals surface area contributed by atoms with Crippen LogP contribution in [0, 0.1) is 0 Å². The molecule has 4 aromatic rings. The van der Waals surface area contributed by atoms with Crippen molar-refractivity contribution in [2.75, 3.05) is 17.7 Å². The number of ether oxygens (including phenoxy) is 1. The Bertz CT molecular complexity index is 1210. The summed E-state index contributed by atoms with van der Waals surface area (Å²) in [6.07, 6.45) is 2.87.